The lowest BCUT2D eigenvalue weighted by Gasteiger charge is -2.20. The maximum absolute atomic E-state index is 6.11. The molecule has 0 aliphatic carbocycles. The number of halogens is 2. The van der Waals surface area contributed by atoms with Gasteiger partial charge in [-0.3, -0.25) is 4.68 Å². The van der Waals surface area contributed by atoms with E-state index in [-0.39, 0.29) is 0 Å². The number of nitrogens with zero attached hydrogens (tertiary/aromatic N) is 3. The molecule has 2 aromatic carbocycles. The van der Waals surface area contributed by atoms with Gasteiger partial charge in [0, 0.05) is 22.1 Å². The van der Waals surface area contributed by atoms with Crippen LogP contribution in [0, 0.1) is 0 Å². The summed E-state index contributed by atoms with van der Waals surface area (Å²) in [5.41, 5.74) is 2.23. The predicted molar refractivity (Wildman–Crippen MR) is 118 cm³/mol. The number of aromatic nitrogens is 2. The van der Waals surface area contributed by atoms with Crippen LogP contribution in [0.3, 0.4) is 0 Å². The number of ether oxygens (including phenoxy) is 1. The topological polar surface area (TPSA) is 30.3 Å². The highest BCUT2D eigenvalue weighted by atomic mass is 79.9. The fourth-order valence-electron chi connectivity index (χ4n) is 3.87. The maximum Gasteiger partial charge on any atom is 0.240 e. The van der Waals surface area contributed by atoms with Gasteiger partial charge in [0.05, 0.1) is 24.1 Å². The van der Waals surface area contributed by atoms with Crippen molar-refractivity contribution in [3.8, 4) is 5.88 Å². The van der Waals surface area contributed by atoms with Gasteiger partial charge in [-0.05, 0) is 68.6 Å². The molecule has 2 heterocycles. The van der Waals surface area contributed by atoms with Crippen molar-refractivity contribution in [1.29, 1.82) is 0 Å². The average Bonchev–Trinajstić information content (AvgIpc) is 3.24. The lowest BCUT2D eigenvalue weighted by Crippen LogP contribution is -2.28. The normalized spacial score (nSPS) is 17.5. The minimum atomic E-state index is 0.683. The van der Waals surface area contributed by atoms with Crippen molar-refractivity contribution in [2.75, 3.05) is 19.7 Å². The molecule has 4 rings (SSSR count). The zero-order chi connectivity index (χ0) is 19.5. The van der Waals surface area contributed by atoms with E-state index in [0.717, 1.165) is 38.9 Å². The van der Waals surface area contributed by atoms with Crippen molar-refractivity contribution in [2.45, 2.75) is 38.8 Å². The number of rotatable bonds is 7. The summed E-state index contributed by atoms with van der Waals surface area (Å²) in [5.74, 6) is 0.708. The van der Waals surface area contributed by atoms with Gasteiger partial charge in [-0.15, -0.1) is 5.10 Å². The molecule has 1 aromatic heterocycles. The van der Waals surface area contributed by atoms with E-state index in [9.17, 15) is 0 Å². The molecule has 1 unspecified atom stereocenters. The number of fused-ring (bicyclic) bond motifs is 1. The Kier molecular flexibility index (Phi) is 6.24. The minimum absolute atomic E-state index is 0.683. The molecule has 1 atom stereocenters. The summed E-state index contributed by atoms with van der Waals surface area (Å²) in [5, 5.41) is 6.54. The highest BCUT2D eigenvalue weighted by Crippen LogP contribution is 2.29. The van der Waals surface area contributed by atoms with Crippen LogP contribution >= 0.6 is 27.5 Å². The molecule has 0 N–H and O–H groups in total. The first kappa shape index (κ1) is 19.7. The summed E-state index contributed by atoms with van der Waals surface area (Å²) in [6.07, 6.45) is 3.65. The monoisotopic (exact) mass is 461 g/mol. The SMILES string of the molecule is CC1CCCN1CCCOc1nn(Cc2ccc(Cl)cc2)c2ccc(Br)cc12. The average molecular weight is 463 g/mol. The Bertz CT molecular complexity index is 941. The molecule has 4 nitrogen and oxygen atoms in total. The summed E-state index contributed by atoms with van der Waals surface area (Å²) in [7, 11) is 0. The largest absolute Gasteiger partial charge is 0.476 e. The molecule has 6 heteroatoms. The van der Waals surface area contributed by atoms with Crippen molar-refractivity contribution in [2.24, 2.45) is 0 Å². The highest BCUT2D eigenvalue weighted by molar-refractivity contribution is 9.10. The Morgan fingerprint density at radius 2 is 2.04 bits per heavy atom. The van der Waals surface area contributed by atoms with Crippen LogP contribution in [-0.2, 0) is 6.54 Å². The molecule has 1 aliphatic heterocycles. The number of likely N-dealkylation sites (tertiary alicyclic amines) is 1. The summed E-state index contributed by atoms with van der Waals surface area (Å²) < 4.78 is 9.14. The van der Waals surface area contributed by atoms with Crippen LogP contribution in [0.4, 0.5) is 0 Å². The van der Waals surface area contributed by atoms with Crippen LogP contribution < -0.4 is 4.74 Å². The molecule has 3 aromatic rings. The van der Waals surface area contributed by atoms with Gasteiger partial charge in [0.15, 0.2) is 0 Å². The Hall–Kier alpha value is -1.56. The molecule has 0 spiro atoms. The van der Waals surface area contributed by atoms with Gasteiger partial charge >= 0.3 is 0 Å². The van der Waals surface area contributed by atoms with Gasteiger partial charge < -0.3 is 9.64 Å². The fraction of sp³-hybridized carbons (Fsp3) is 0.409. The van der Waals surface area contributed by atoms with Gasteiger partial charge in [-0.25, -0.2) is 0 Å². The van der Waals surface area contributed by atoms with Crippen LogP contribution in [0.1, 0.15) is 31.7 Å². The molecular weight excluding hydrogens is 438 g/mol. The second-order valence-corrected chi connectivity index (χ2v) is 8.83. The summed E-state index contributed by atoms with van der Waals surface area (Å²) in [6, 6.07) is 14.8. The van der Waals surface area contributed by atoms with Gasteiger partial charge in [0.1, 0.15) is 0 Å². The van der Waals surface area contributed by atoms with E-state index in [1.165, 1.54) is 19.4 Å². The van der Waals surface area contributed by atoms with E-state index < -0.39 is 0 Å². The summed E-state index contributed by atoms with van der Waals surface area (Å²) >= 11 is 9.58. The van der Waals surface area contributed by atoms with Crippen molar-refractivity contribution in [3.63, 3.8) is 0 Å². The molecule has 1 fully saturated rings. The van der Waals surface area contributed by atoms with Crippen molar-refractivity contribution >= 4 is 38.4 Å². The molecular formula is C22H25BrClN3O. The molecule has 0 bridgehead atoms. The molecule has 1 aliphatic rings. The van der Waals surface area contributed by atoms with Crippen LogP contribution in [-0.4, -0.2) is 40.4 Å². The predicted octanol–water partition coefficient (Wildman–Crippen LogP) is 5.75. The van der Waals surface area contributed by atoms with E-state index >= 15 is 0 Å². The fourth-order valence-corrected chi connectivity index (χ4v) is 4.36. The van der Waals surface area contributed by atoms with Gasteiger partial charge in [-0.2, -0.15) is 0 Å². The third-order valence-corrected chi connectivity index (χ3v) is 6.19. The van der Waals surface area contributed by atoms with E-state index in [1.54, 1.807) is 0 Å². The first-order valence-corrected chi connectivity index (χ1v) is 11.0. The van der Waals surface area contributed by atoms with Crippen molar-refractivity contribution in [1.82, 2.24) is 14.7 Å². The molecule has 0 saturated carbocycles. The standard InChI is InChI=1S/C22H25BrClN3O/c1-16-4-2-11-26(16)12-3-13-28-22-20-14-18(23)7-10-21(20)27(25-22)15-17-5-8-19(24)9-6-17/h5-10,14,16H,2-4,11-13,15H2,1H3. The summed E-state index contributed by atoms with van der Waals surface area (Å²) in [6.45, 7) is 5.99. The first-order valence-electron chi connectivity index (χ1n) is 9.87. The minimum Gasteiger partial charge on any atom is -0.476 e. The van der Waals surface area contributed by atoms with Crippen LogP contribution in [0.2, 0.25) is 5.02 Å². The molecule has 28 heavy (non-hydrogen) atoms. The van der Waals surface area contributed by atoms with Crippen LogP contribution in [0.25, 0.3) is 10.9 Å². The molecule has 1 saturated heterocycles. The van der Waals surface area contributed by atoms with E-state index in [2.05, 4.69) is 39.9 Å². The van der Waals surface area contributed by atoms with Crippen LogP contribution in [0.15, 0.2) is 46.9 Å². The first-order chi connectivity index (χ1) is 13.6. The zero-order valence-corrected chi connectivity index (χ0v) is 18.4. The Labute approximate surface area is 179 Å². The molecule has 0 amide bonds. The number of hydrogen-bond donors (Lipinski definition) is 0. The van der Waals surface area contributed by atoms with E-state index in [4.69, 9.17) is 21.4 Å². The third kappa shape index (κ3) is 4.53. The van der Waals surface area contributed by atoms with E-state index in [1.807, 2.05) is 35.0 Å². The van der Waals surface area contributed by atoms with Crippen LogP contribution in [0.5, 0.6) is 5.88 Å². The summed E-state index contributed by atoms with van der Waals surface area (Å²) in [4.78, 5) is 2.55. The van der Waals surface area contributed by atoms with Crippen molar-refractivity contribution < 1.29 is 4.74 Å². The highest BCUT2D eigenvalue weighted by Gasteiger charge is 2.19. The van der Waals surface area contributed by atoms with Gasteiger partial charge in [-0.1, -0.05) is 39.7 Å². The van der Waals surface area contributed by atoms with E-state index in [0.29, 0.717) is 25.1 Å². The lowest BCUT2D eigenvalue weighted by atomic mass is 10.2. The quantitative estimate of drug-likeness (QED) is 0.419. The molecule has 148 valence electrons. The lowest BCUT2D eigenvalue weighted by molar-refractivity contribution is 0.227. The smallest absolute Gasteiger partial charge is 0.240 e. The van der Waals surface area contributed by atoms with Gasteiger partial charge in [0.25, 0.3) is 0 Å². The Balaban J connectivity index is 1.47. The Morgan fingerprint density at radius 1 is 1.21 bits per heavy atom. The third-order valence-electron chi connectivity index (χ3n) is 5.44. The maximum atomic E-state index is 6.11. The number of benzene rings is 2. The number of hydrogen-bond acceptors (Lipinski definition) is 3. The second-order valence-electron chi connectivity index (χ2n) is 7.48. The second kappa shape index (κ2) is 8.85. The zero-order valence-electron chi connectivity index (χ0n) is 16.1. The Morgan fingerprint density at radius 3 is 2.79 bits per heavy atom. The van der Waals surface area contributed by atoms with Gasteiger partial charge in [0.2, 0.25) is 5.88 Å². The molecule has 0 radical (unpaired) electrons. The van der Waals surface area contributed by atoms with Crippen molar-refractivity contribution in [3.05, 3.63) is 57.5 Å².